The Labute approximate surface area is 109 Å². The van der Waals surface area contributed by atoms with E-state index >= 15 is 0 Å². The first-order valence-corrected chi connectivity index (χ1v) is 6.73. The zero-order chi connectivity index (χ0) is 12.8. The van der Waals surface area contributed by atoms with Crippen molar-refractivity contribution in [3.63, 3.8) is 0 Å². The van der Waals surface area contributed by atoms with Gasteiger partial charge in [0.2, 0.25) is 5.91 Å². The van der Waals surface area contributed by atoms with Crippen LogP contribution < -0.4 is 10.1 Å². The first kappa shape index (κ1) is 12.9. The van der Waals surface area contributed by atoms with Crippen molar-refractivity contribution >= 4 is 5.91 Å². The van der Waals surface area contributed by atoms with Crippen LogP contribution in [0.25, 0.3) is 0 Å². The van der Waals surface area contributed by atoms with Crippen molar-refractivity contribution in [2.75, 3.05) is 13.2 Å². The largest absolute Gasteiger partial charge is 0.491 e. The second-order valence-corrected chi connectivity index (χ2v) is 4.89. The van der Waals surface area contributed by atoms with Gasteiger partial charge in [-0.15, -0.1) is 0 Å². The number of para-hydroxylation sites is 1. The molecule has 3 heteroatoms. The van der Waals surface area contributed by atoms with Gasteiger partial charge in [-0.05, 0) is 31.4 Å². The van der Waals surface area contributed by atoms with Gasteiger partial charge in [0.15, 0.2) is 0 Å². The summed E-state index contributed by atoms with van der Waals surface area (Å²) in [5.41, 5.74) is 1.12. The number of carbonyl (C=O) groups is 1. The molecule has 1 aromatic carbocycles. The lowest BCUT2D eigenvalue weighted by molar-refractivity contribution is -0.124. The summed E-state index contributed by atoms with van der Waals surface area (Å²) in [4.78, 5) is 11.8. The van der Waals surface area contributed by atoms with Gasteiger partial charge in [-0.2, -0.15) is 0 Å². The van der Waals surface area contributed by atoms with E-state index in [-0.39, 0.29) is 11.8 Å². The number of amides is 1. The standard InChI is InChI=1S/C15H21NO2/c1-12-6-2-5-9-14(12)18-11-10-16-15(17)13-7-3-4-8-13/h2,5-6,9,13H,3-4,7-8,10-11H2,1H3,(H,16,17). The summed E-state index contributed by atoms with van der Waals surface area (Å²) in [6.45, 7) is 3.14. The van der Waals surface area contributed by atoms with Gasteiger partial charge in [-0.3, -0.25) is 4.79 Å². The summed E-state index contributed by atoms with van der Waals surface area (Å²) in [6, 6.07) is 7.92. The van der Waals surface area contributed by atoms with Gasteiger partial charge in [-0.1, -0.05) is 31.0 Å². The number of aryl methyl sites for hydroxylation is 1. The Morgan fingerprint density at radius 2 is 2.06 bits per heavy atom. The van der Waals surface area contributed by atoms with Crippen molar-refractivity contribution in [3.8, 4) is 5.75 Å². The summed E-state index contributed by atoms with van der Waals surface area (Å²) in [7, 11) is 0. The van der Waals surface area contributed by atoms with Crippen LogP contribution in [0.1, 0.15) is 31.2 Å². The third-order valence-electron chi connectivity index (χ3n) is 3.48. The molecule has 0 unspecified atom stereocenters. The van der Waals surface area contributed by atoms with Crippen molar-refractivity contribution < 1.29 is 9.53 Å². The van der Waals surface area contributed by atoms with Crippen LogP contribution in [0.4, 0.5) is 0 Å². The lowest BCUT2D eigenvalue weighted by atomic mass is 10.1. The average Bonchev–Trinajstić information content (AvgIpc) is 2.90. The Morgan fingerprint density at radius 1 is 1.33 bits per heavy atom. The number of nitrogens with one attached hydrogen (secondary N) is 1. The molecule has 0 aliphatic heterocycles. The van der Waals surface area contributed by atoms with Crippen LogP contribution in [0.2, 0.25) is 0 Å². The molecule has 0 radical (unpaired) electrons. The van der Waals surface area contributed by atoms with E-state index in [9.17, 15) is 4.79 Å². The van der Waals surface area contributed by atoms with Crippen molar-refractivity contribution in [1.82, 2.24) is 5.32 Å². The van der Waals surface area contributed by atoms with Gasteiger partial charge in [0, 0.05) is 5.92 Å². The van der Waals surface area contributed by atoms with Gasteiger partial charge in [0.25, 0.3) is 0 Å². The molecule has 18 heavy (non-hydrogen) atoms. The second-order valence-electron chi connectivity index (χ2n) is 4.89. The molecule has 0 heterocycles. The Balaban J connectivity index is 1.67. The van der Waals surface area contributed by atoms with E-state index in [2.05, 4.69) is 5.32 Å². The lowest BCUT2D eigenvalue weighted by Crippen LogP contribution is -2.32. The molecule has 1 fully saturated rings. The molecule has 0 saturated heterocycles. The molecular formula is C15H21NO2. The zero-order valence-electron chi connectivity index (χ0n) is 10.9. The molecule has 1 N–H and O–H groups in total. The highest BCUT2D eigenvalue weighted by atomic mass is 16.5. The molecular weight excluding hydrogens is 226 g/mol. The van der Waals surface area contributed by atoms with Gasteiger partial charge < -0.3 is 10.1 Å². The van der Waals surface area contributed by atoms with Crippen LogP contribution in [-0.2, 0) is 4.79 Å². The molecule has 0 bridgehead atoms. The van der Waals surface area contributed by atoms with Crippen LogP contribution in [-0.4, -0.2) is 19.1 Å². The maximum atomic E-state index is 11.8. The Kier molecular flexibility index (Phi) is 4.62. The third-order valence-corrected chi connectivity index (χ3v) is 3.48. The zero-order valence-corrected chi connectivity index (χ0v) is 10.9. The maximum absolute atomic E-state index is 11.8. The summed E-state index contributed by atoms with van der Waals surface area (Å²) >= 11 is 0. The molecule has 98 valence electrons. The number of hydrogen-bond acceptors (Lipinski definition) is 2. The van der Waals surface area contributed by atoms with Gasteiger partial charge in [0.1, 0.15) is 12.4 Å². The van der Waals surface area contributed by atoms with Crippen molar-refractivity contribution in [1.29, 1.82) is 0 Å². The molecule has 1 saturated carbocycles. The monoisotopic (exact) mass is 247 g/mol. The predicted octanol–water partition coefficient (Wildman–Crippen LogP) is 2.68. The Morgan fingerprint density at radius 3 is 2.78 bits per heavy atom. The minimum absolute atomic E-state index is 0.195. The number of benzene rings is 1. The fourth-order valence-corrected chi connectivity index (χ4v) is 2.39. The molecule has 0 atom stereocenters. The number of hydrogen-bond donors (Lipinski definition) is 1. The number of rotatable bonds is 5. The third kappa shape index (κ3) is 3.49. The van der Waals surface area contributed by atoms with E-state index < -0.39 is 0 Å². The Bertz CT molecular complexity index is 397. The number of carbonyl (C=O) groups excluding carboxylic acids is 1. The summed E-state index contributed by atoms with van der Waals surface area (Å²) in [6.07, 6.45) is 4.48. The van der Waals surface area contributed by atoms with Gasteiger partial charge in [0.05, 0.1) is 6.54 Å². The predicted molar refractivity (Wildman–Crippen MR) is 71.6 cm³/mol. The highest BCUT2D eigenvalue weighted by molar-refractivity contribution is 5.78. The minimum atomic E-state index is 0.195. The van der Waals surface area contributed by atoms with E-state index in [4.69, 9.17) is 4.74 Å². The summed E-state index contributed by atoms with van der Waals surface area (Å²) in [5, 5.41) is 2.95. The average molecular weight is 247 g/mol. The molecule has 1 aliphatic carbocycles. The Hall–Kier alpha value is -1.51. The SMILES string of the molecule is Cc1ccccc1OCCNC(=O)C1CCCC1. The van der Waals surface area contributed by atoms with Crippen LogP contribution in [0.3, 0.4) is 0 Å². The fourth-order valence-electron chi connectivity index (χ4n) is 2.39. The van der Waals surface area contributed by atoms with Crippen LogP contribution >= 0.6 is 0 Å². The first-order chi connectivity index (χ1) is 8.77. The molecule has 0 spiro atoms. The number of ether oxygens (including phenoxy) is 1. The molecule has 1 aromatic rings. The fraction of sp³-hybridized carbons (Fsp3) is 0.533. The minimum Gasteiger partial charge on any atom is -0.491 e. The molecule has 0 aromatic heterocycles. The van der Waals surface area contributed by atoms with Gasteiger partial charge >= 0.3 is 0 Å². The van der Waals surface area contributed by atoms with Gasteiger partial charge in [-0.25, -0.2) is 0 Å². The van der Waals surface area contributed by atoms with E-state index in [1.807, 2.05) is 31.2 Å². The summed E-state index contributed by atoms with van der Waals surface area (Å²) < 4.78 is 5.64. The maximum Gasteiger partial charge on any atom is 0.223 e. The van der Waals surface area contributed by atoms with Crippen LogP contribution in [0.15, 0.2) is 24.3 Å². The van der Waals surface area contributed by atoms with Crippen LogP contribution in [0.5, 0.6) is 5.75 Å². The van der Waals surface area contributed by atoms with Crippen molar-refractivity contribution in [3.05, 3.63) is 29.8 Å². The van der Waals surface area contributed by atoms with Crippen LogP contribution in [0, 0.1) is 12.8 Å². The molecule has 1 amide bonds. The lowest BCUT2D eigenvalue weighted by Gasteiger charge is -2.12. The van der Waals surface area contributed by atoms with E-state index in [1.54, 1.807) is 0 Å². The van der Waals surface area contributed by atoms with Crippen molar-refractivity contribution in [2.45, 2.75) is 32.6 Å². The highest BCUT2D eigenvalue weighted by Crippen LogP contribution is 2.24. The highest BCUT2D eigenvalue weighted by Gasteiger charge is 2.21. The smallest absolute Gasteiger partial charge is 0.223 e. The quantitative estimate of drug-likeness (QED) is 0.812. The normalized spacial score (nSPS) is 15.6. The summed E-state index contributed by atoms with van der Waals surface area (Å²) in [5.74, 6) is 1.33. The molecule has 2 rings (SSSR count). The molecule has 3 nitrogen and oxygen atoms in total. The van der Waals surface area contributed by atoms with E-state index in [0.717, 1.165) is 24.2 Å². The van der Waals surface area contributed by atoms with Crippen molar-refractivity contribution in [2.24, 2.45) is 5.92 Å². The second kappa shape index (κ2) is 6.43. The van der Waals surface area contributed by atoms with E-state index in [1.165, 1.54) is 12.8 Å². The topological polar surface area (TPSA) is 38.3 Å². The molecule has 1 aliphatic rings. The van der Waals surface area contributed by atoms with E-state index in [0.29, 0.717) is 13.2 Å². The first-order valence-electron chi connectivity index (χ1n) is 6.73.